The van der Waals surface area contributed by atoms with Gasteiger partial charge in [-0.1, -0.05) is 22.0 Å². The smallest absolute Gasteiger partial charge is 0.180 e. The molecule has 0 atom stereocenters. The molecule has 1 aromatic heterocycles. The summed E-state index contributed by atoms with van der Waals surface area (Å²) >= 11 is 5.06. The van der Waals surface area contributed by atoms with Gasteiger partial charge in [0.15, 0.2) is 5.13 Å². The summed E-state index contributed by atoms with van der Waals surface area (Å²) in [7, 11) is 0. The van der Waals surface area contributed by atoms with Gasteiger partial charge in [0.05, 0.1) is 5.69 Å². The predicted molar refractivity (Wildman–Crippen MR) is 62.5 cm³/mol. The molecule has 1 heterocycles. The molecule has 0 amide bonds. The Morgan fingerprint density at radius 2 is 2.29 bits per heavy atom. The highest BCUT2D eigenvalue weighted by Crippen LogP contribution is 2.40. The normalized spacial score (nSPS) is 12.6. The number of anilines is 1. The van der Waals surface area contributed by atoms with E-state index < -0.39 is 0 Å². The molecule has 0 radical (unpaired) electrons. The van der Waals surface area contributed by atoms with Crippen LogP contribution in [0.15, 0.2) is 22.7 Å². The van der Waals surface area contributed by atoms with Crippen LogP contribution in [0.1, 0.15) is 10.4 Å². The molecule has 2 nitrogen and oxygen atoms in total. The van der Waals surface area contributed by atoms with E-state index in [9.17, 15) is 0 Å². The molecule has 1 aliphatic rings. The van der Waals surface area contributed by atoms with Crippen molar-refractivity contribution in [2.24, 2.45) is 0 Å². The summed E-state index contributed by atoms with van der Waals surface area (Å²) in [5.74, 6) is 0. The molecule has 0 bridgehead atoms. The lowest BCUT2D eigenvalue weighted by atomic mass is 10.1. The van der Waals surface area contributed by atoms with Crippen molar-refractivity contribution in [2.45, 2.75) is 6.42 Å². The lowest BCUT2D eigenvalue weighted by molar-refractivity contribution is 1.30. The van der Waals surface area contributed by atoms with Crippen LogP contribution in [0.3, 0.4) is 0 Å². The van der Waals surface area contributed by atoms with Crippen molar-refractivity contribution < 1.29 is 0 Å². The van der Waals surface area contributed by atoms with E-state index >= 15 is 0 Å². The number of nitrogens with zero attached hydrogens (tertiary/aromatic N) is 1. The Balaban J connectivity index is 2.25. The van der Waals surface area contributed by atoms with Crippen LogP contribution in [-0.2, 0) is 6.42 Å². The maximum Gasteiger partial charge on any atom is 0.180 e. The fraction of sp³-hybridized carbons (Fsp3) is 0.100. The zero-order valence-electron chi connectivity index (χ0n) is 7.25. The fourth-order valence-corrected chi connectivity index (χ4v) is 3.09. The van der Waals surface area contributed by atoms with Crippen LogP contribution in [0.4, 0.5) is 5.13 Å². The minimum atomic E-state index is 0.670. The second-order valence-electron chi connectivity index (χ2n) is 3.30. The standard InChI is InChI=1S/C10H7BrN2S/c11-6-1-2-7-5(3-6)4-8-9(7)13-10(12)14-8/h1-3H,4H2,(H2,12,13). The maximum atomic E-state index is 5.67. The molecule has 14 heavy (non-hydrogen) atoms. The van der Waals surface area contributed by atoms with E-state index in [1.165, 1.54) is 16.0 Å². The van der Waals surface area contributed by atoms with Crippen molar-refractivity contribution in [3.8, 4) is 11.3 Å². The number of rotatable bonds is 0. The van der Waals surface area contributed by atoms with Gasteiger partial charge in [-0.25, -0.2) is 4.98 Å². The highest BCUT2D eigenvalue weighted by Gasteiger charge is 2.22. The van der Waals surface area contributed by atoms with Gasteiger partial charge in [-0.3, -0.25) is 0 Å². The predicted octanol–water partition coefficient (Wildman–Crippen LogP) is 3.06. The topological polar surface area (TPSA) is 38.9 Å². The summed E-state index contributed by atoms with van der Waals surface area (Å²) in [5, 5.41) is 0.670. The molecule has 1 aliphatic carbocycles. The largest absolute Gasteiger partial charge is 0.375 e. The Hall–Kier alpha value is -0.870. The average molecular weight is 267 g/mol. The van der Waals surface area contributed by atoms with Crippen LogP contribution >= 0.6 is 27.3 Å². The molecule has 0 unspecified atom stereocenters. The minimum Gasteiger partial charge on any atom is -0.375 e. The van der Waals surface area contributed by atoms with E-state index in [0.717, 1.165) is 16.6 Å². The lowest BCUT2D eigenvalue weighted by Crippen LogP contribution is -1.84. The Morgan fingerprint density at radius 3 is 3.14 bits per heavy atom. The van der Waals surface area contributed by atoms with Crippen LogP contribution in [0.2, 0.25) is 0 Å². The molecular formula is C10H7BrN2S. The van der Waals surface area contributed by atoms with Crippen LogP contribution in [0.5, 0.6) is 0 Å². The van der Waals surface area contributed by atoms with E-state index in [0.29, 0.717) is 5.13 Å². The van der Waals surface area contributed by atoms with Crippen LogP contribution in [0.25, 0.3) is 11.3 Å². The summed E-state index contributed by atoms with van der Waals surface area (Å²) in [6.07, 6.45) is 0.971. The summed E-state index contributed by atoms with van der Waals surface area (Å²) in [6, 6.07) is 6.30. The zero-order valence-corrected chi connectivity index (χ0v) is 9.65. The van der Waals surface area contributed by atoms with Crippen molar-refractivity contribution >= 4 is 32.4 Å². The zero-order chi connectivity index (χ0) is 9.71. The molecule has 0 saturated heterocycles. The highest BCUT2D eigenvalue weighted by atomic mass is 79.9. The molecule has 4 heteroatoms. The molecule has 0 saturated carbocycles. The molecule has 2 N–H and O–H groups in total. The van der Waals surface area contributed by atoms with E-state index in [1.54, 1.807) is 11.3 Å². The second-order valence-corrected chi connectivity index (χ2v) is 5.33. The SMILES string of the molecule is Nc1nc2c(s1)Cc1cc(Br)ccc1-2. The first-order chi connectivity index (χ1) is 6.74. The van der Waals surface area contributed by atoms with Gasteiger partial charge in [0.1, 0.15) is 0 Å². The Labute approximate surface area is 93.9 Å². The van der Waals surface area contributed by atoms with E-state index in [1.807, 2.05) is 6.07 Å². The molecule has 0 fully saturated rings. The molecular weight excluding hydrogens is 260 g/mol. The second kappa shape index (κ2) is 2.81. The van der Waals surface area contributed by atoms with E-state index in [-0.39, 0.29) is 0 Å². The fourth-order valence-electron chi connectivity index (χ4n) is 1.81. The number of halogens is 1. The van der Waals surface area contributed by atoms with Crippen molar-refractivity contribution in [3.63, 3.8) is 0 Å². The molecule has 70 valence electrons. The number of nitrogens with two attached hydrogens (primary N) is 1. The average Bonchev–Trinajstić information content (AvgIpc) is 2.59. The number of fused-ring (bicyclic) bond motifs is 3. The number of aromatic nitrogens is 1. The van der Waals surface area contributed by atoms with Gasteiger partial charge < -0.3 is 5.73 Å². The summed E-state index contributed by atoms with van der Waals surface area (Å²) in [6.45, 7) is 0. The van der Waals surface area contributed by atoms with Gasteiger partial charge in [-0.15, -0.1) is 11.3 Å². The lowest BCUT2D eigenvalue weighted by Gasteiger charge is -1.98. The van der Waals surface area contributed by atoms with Gasteiger partial charge in [-0.05, 0) is 17.7 Å². The summed E-state index contributed by atoms with van der Waals surface area (Å²) < 4.78 is 1.12. The molecule has 3 rings (SSSR count). The van der Waals surface area contributed by atoms with Gasteiger partial charge >= 0.3 is 0 Å². The number of hydrogen-bond donors (Lipinski definition) is 1. The van der Waals surface area contributed by atoms with Gasteiger partial charge in [0.2, 0.25) is 0 Å². The number of benzene rings is 1. The quantitative estimate of drug-likeness (QED) is 0.679. The third-order valence-corrected chi connectivity index (χ3v) is 3.77. The third-order valence-electron chi connectivity index (χ3n) is 2.39. The third kappa shape index (κ3) is 1.11. The Kier molecular flexibility index (Phi) is 1.69. The monoisotopic (exact) mass is 266 g/mol. The van der Waals surface area contributed by atoms with E-state index in [4.69, 9.17) is 5.73 Å². The van der Waals surface area contributed by atoms with E-state index in [2.05, 4.69) is 33.0 Å². The first-order valence-corrected chi connectivity index (χ1v) is 5.89. The molecule has 0 spiro atoms. The molecule has 1 aromatic carbocycles. The number of thiazole rings is 1. The van der Waals surface area contributed by atoms with Crippen LogP contribution in [-0.4, -0.2) is 4.98 Å². The van der Waals surface area contributed by atoms with Crippen LogP contribution in [0, 0.1) is 0 Å². The van der Waals surface area contributed by atoms with Crippen molar-refractivity contribution in [2.75, 3.05) is 5.73 Å². The van der Waals surface area contributed by atoms with Crippen molar-refractivity contribution in [3.05, 3.63) is 33.1 Å². The molecule has 2 aromatic rings. The first-order valence-electron chi connectivity index (χ1n) is 4.28. The molecule has 0 aliphatic heterocycles. The summed E-state index contributed by atoms with van der Waals surface area (Å²) in [4.78, 5) is 5.63. The van der Waals surface area contributed by atoms with Crippen LogP contribution < -0.4 is 5.73 Å². The Bertz CT molecular complexity index is 519. The minimum absolute atomic E-state index is 0.670. The maximum absolute atomic E-state index is 5.67. The number of hydrogen-bond acceptors (Lipinski definition) is 3. The van der Waals surface area contributed by atoms with Gasteiger partial charge in [0, 0.05) is 21.3 Å². The highest BCUT2D eigenvalue weighted by molar-refractivity contribution is 9.10. The number of nitrogen functional groups attached to an aromatic ring is 1. The first kappa shape index (κ1) is 8.44. The van der Waals surface area contributed by atoms with Gasteiger partial charge in [0.25, 0.3) is 0 Å². The summed E-state index contributed by atoms with van der Waals surface area (Å²) in [5.41, 5.74) is 9.33. The van der Waals surface area contributed by atoms with Crippen molar-refractivity contribution in [1.82, 2.24) is 4.98 Å². The Morgan fingerprint density at radius 1 is 1.43 bits per heavy atom. The van der Waals surface area contributed by atoms with Gasteiger partial charge in [-0.2, -0.15) is 0 Å². The van der Waals surface area contributed by atoms with Crippen molar-refractivity contribution in [1.29, 1.82) is 0 Å².